The summed E-state index contributed by atoms with van der Waals surface area (Å²) in [7, 11) is 2.52. The number of nitrogens with zero attached hydrogens (tertiary/aromatic N) is 2. The molecule has 0 spiro atoms. The Kier molecular flexibility index (Phi) is 7.47. The van der Waals surface area contributed by atoms with Gasteiger partial charge in [0.1, 0.15) is 17.4 Å². The zero-order valence-corrected chi connectivity index (χ0v) is 16.0. The Balaban J connectivity index is 2.06. The number of carbonyl (C=O) groups excluding carboxylic acids is 2. The monoisotopic (exact) mass is 412 g/mol. The van der Waals surface area contributed by atoms with Crippen LogP contribution in [0.2, 0.25) is 0 Å². The Bertz CT molecular complexity index is 1020. The lowest BCUT2D eigenvalue weighted by molar-refractivity contribution is -0.384. The first-order chi connectivity index (χ1) is 14.4. The van der Waals surface area contributed by atoms with Gasteiger partial charge in [-0.15, -0.1) is 0 Å². The summed E-state index contributed by atoms with van der Waals surface area (Å²) in [6, 6.07) is 11.4. The molecule has 0 saturated heterocycles. The minimum atomic E-state index is -0.782. The maximum absolute atomic E-state index is 12.0. The first-order valence-electron chi connectivity index (χ1n) is 8.34. The fourth-order valence-corrected chi connectivity index (χ4v) is 2.23. The van der Waals surface area contributed by atoms with Gasteiger partial charge in [-0.2, -0.15) is 5.26 Å². The summed E-state index contributed by atoms with van der Waals surface area (Å²) in [5.41, 5.74) is 0.145. The first-order valence-corrected chi connectivity index (χ1v) is 8.34. The van der Waals surface area contributed by atoms with Crippen molar-refractivity contribution in [3.63, 3.8) is 0 Å². The minimum absolute atomic E-state index is 0.100. The van der Waals surface area contributed by atoms with E-state index in [4.69, 9.17) is 19.5 Å². The molecule has 0 aromatic heterocycles. The van der Waals surface area contributed by atoms with Gasteiger partial charge < -0.3 is 18.9 Å². The lowest BCUT2D eigenvalue weighted by Crippen LogP contribution is -2.18. The summed E-state index contributed by atoms with van der Waals surface area (Å²) in [6.45, 7) is -0.441. The van der Waals surface area contributed by atoms with Gasteiger partial charge in [0.2, 0.25) is 0 Å². The molecule has 0 saturated carbocycles. The molecule has 154 valence electrons. The van der Waals surface area contributed by atoms with Gasteiger partial charge in [-0.1, -0.05) is 6.07 Å². The van der Waals surface area contributed by atoms with Crippen LogP contribution in [0, 0.1) is 21.4 Å². The number of hydrogen-bond acceptors (Lipinski definition) is 9. The molecule has 0 aliphatic rings. The first kappa shape index (κ1) is 21.9. The lowest BCUT2D eigenvalue weighted by Gasteiger charge is -2.11. The Labute approximate surface area is 171 Å². The fraction of sp³-hybridized carbons (Fsp3) is 0.150. The summed E-state index contributed by atoms with van der Waals surface area (Å²) in [6.07, 6.45) is 1.30. The summed E-state index contributed by atoms with van der Waals surface area (Å²) in [4.78, 5) is 33.6. The number of non-ortho nitro benzene ring substituents is 1. The highest BCUT2D eigenvalue weighted by Gasteiger charge is 2.14. The van der Waals surface area contributed by atoms with Crippen LogP contribution in [0.1, 0.15) is 5.56 Å². The van der Waals surface area contributed by atoms with Crippen LogP contribution < -0.4 is 14.2 Å². The molecule has 10 nitrogen and oxygen atoms in total. The molecule has 0 bridgehead atoms. The molecule has 0 fully saturated rings. The molecule has 2 aromatic carbocycles. The van der Waals surface area contributed by atoms with Gasteiger partial charge in [-0.05, 0) is 35.9 Å². The van der Waals surface area contributed by atoms with Crippen LogP contribution in [-0.4, -0.2) is 37.7 Å². The number of nitro groups is 1. The van der Waals surface area contributed by atoms with Crippen molar-refractivity contribution in [2.24, 2.45) is 0 Å². The van der Waals surface area contributed by atoms with Crippen LogP contribution in [0.15, 0.2) is 48.0 Å². The molecule has 0 unspecified atom stereocenters. The predicted octanol–water partition coefficient (Wildman–Crippen LogP) is 2.67. The third-order valence-electron chi connectivity index (χ3n) is 3.65. The summed E-state index contributed by atoms with van der Waals surface area (Å²) in [5, 5.41) is 19.6. The van der Waals surface area contributed by atoms with Crippen LogP contribution in [0.25, 0.3) is 6.08 Å². The number of esters is 2. The molecule has 2 rings (SSSR count). The molecule has 0 N–H and O–H groups in total. The normalized spacial score (nSPS) is 10.5. The maximum atomic E-state index is 12.0. The Hall–Kier alpha value is -4.39. The average molecular weight is 412 g/mol. The van der Waals surface area contributed by atoms with Crippen LogP contribution in [0.4, 0.5) is 5.69 Å². The molecule has 0 heterocycles. The van der Waals surface area contributed by atoms with E-state index in [2.05, 4.69) is 4.74 Å². The van der Waals surface area contributed by atoms with Gasteiger partial charge in [0.05, 0.1) is 19.1 Å². The molecule has 30 heavy (non-hydrogen) atoms. The fourth-order valence-electron chi connectivity index (χ4n) is 2.23. The number of nitriles is 1. The molecule has 0 radical (unpaired) electrons. The number of carbonyl (C=O) groups is 2. The van der Waals surface area contributed by atoms with Crippen molar-refractivity contribution in [1.29, 1.82) is 5.26 Å². The van der Waals surface area contributed by atoms with Crippen molar-refractivity contribution in [1.82, 2.24) is 0 Å². The van der Waals surface area contributed by atoms with Gasteiger partial charge >= 0.3 is 11.9 Å². The minimum Gasteiger partial charge on any atom is -0.493 e. The van der Waals surface area contributed by atoms with E-state index >= 15 is 0 Å². The van der Waals surface area contributed by atoms with Crippen LogP contribution in [0.3, 0.4) is 0 Å². The second-order valence-corrected chi connectivity index (χ2v) is 5.59. The van der Waals surface area contributed by atoms with Gasteiger partial charge in [-0.3, -0.25) is 10.1 Å². The van der Waals surface area contributed by atoms with Crippen LogP contribution in [-0.2, 0) is 14.3 Å². The van der Waals surface area contributed by atoms with E-state index in [0.29, 0.717) is 5.56 Å². The van der Waals surface area contributed by atoms with Crippen LogP contribution >= 0.6 is 0 Å². The van der Waals surface area contributed by atoms with Crippen molar-refractivity contribution < 1.29 is 33.5 Å². The number of ether oxygens (including phenoxy) is 4. The lowest BCUT2D eigenvalue weighted by atomic mass is 10.1. The van der Waals surface area contributed by atoms with E-state index in [-0.39, 0.29) is 28.5 Å². The standard InChI is InChI=1S/C20H16N2O8/c1-27-18-10-13(9-14(11-21)20(24)28-2)3-8-17(18)30-19(23)12-29-16-6-4-15(5-7-16)22(25)26/h3-10H,12H2,1-2H3/b14-9+. The molecule has 0 aliphatic heterocycles. The molecular weight excluding hydrogens is 396 g/mol. The second-order valence-electron chi connectivity index (χ2n) is 5.59. The van der Waals surface area contributed by atoms with Crippen molar-refractivity contribution >= 4 is 23.7 Å². The van der Waals surface area contributed by atoms with Gasteiger partial charge in [0.15, 0.2) is 18.1 Å². The Morgan fingerprint density at radius 3 is 2.40 bits per heavy atom. The highest BCUT2D eigenvalue weighted by molar-refractivity contribution is 5.97. The number of hydrogen-bond donors (Lipinski definition) is 0. The van der Waals surface area contributed by atoms with E-state index < -0.39 is 23.5 Å². The van der Waals surface area contributed by atoms with E-state index in [1.54, 1.807) is 6.07 Å². The van der Waals surface area contributed by atoms with Crippen molar-refractivity contribution in [2.45, 2.75) is 0 Å². The molecule has 0 amide bonds. The highest BCUT2D eigenvalue weighted by Crippen LogP contribution is 2.29. The average Bonchev–Trinajstić information content (AvgIpc) is 2.76. The SMILES string of the molecule is COC(=O)/C(C#N)=C/c1ccc(OC(=O)COc2ccc([N+](=O)[O-])cc2)c(OC)c1. The number of benzene rings is 2. The molecule has 0 aliphatic carbocycles. The number of nitro benzene ring substituents is 1. The van der Waals surface area contributed by atoms with E-state index in [1.165, 1.54) is 55.7 Å². The van der Waals surface area contributed by atoms with Gasteiger partial charge in [-0.25, -0.2) is 9.59 Å². The van der Waals surface area contributed by atoms with E-state index in [9.17, 15) is 19.7 Å². The van der Waals surface area contributed by atoms with E-state index in [0.717, 1.165) is 7.11 Å². The summed E-state index contributed by atoms with van der Waals surface area (Å²) < 4.78 is 20.1. The zero-order valence-electron chi connectivity index (χ0n) is 16.0. The third-order valence-corrected chi connectivity index (χ3v) is 3.65. The Morgan fingerprint density at radius 1 is 1.13 bits per heavy atom. The second kappa shape index (κ2) is 10.2. The highest BCUT2D eigenvalue weighted by atomic mass is 16.6. The zero-order chi connectivity index (χ0) is 22.1. The number of rotatable bonds is 8. The van der Waals surface area contributed by atoms with E-state index in [1.807, 2.05) is 0 Å². The Morgan fingerprint density at radius 2 is 1.83 bits per heavy atom. The summed E-state index contributed by atoms with van der Waals surface area (Å²) in [5.74, 6) is -0.965. The molecule has 10 heteroatoms. The van der Waals surface area contributed by atoms with Crippen molar-refractivity contribution in [2.75, 3.05) is 20.8 Å². The van der Waals surface area contributed by atoms with Crippen LogP contribution in [0.5, 0.6) is 17.2 Å². The molecular formula is C20H16N2O8. The largest absolute Gasteiger partial charge is 0.493 e. The quantitative estimate of drug-likeness (QED) is 0.160. The molecule has 0 atom stereocenters. The maximum Gasteiger partial charge on any atom is 0.349 e. The predicted molar refractivity (Wildman–Crippen MR) is 103 cm³/mol. The van der Waals surface area contributed by atoms with Gasteiger partial charge in [0, 0.05) is 12.1 Å². The summed E-state index contributed by atoms with van der Waals surface area (Å²) >= 11 is 0. The topological polar surface area (TPSA) is 138 Å². The smallest absolute Gasteiger partial charge is 0.349 e. The third kappa shape index (κ3) is 5.80. The van der Waals surface area contributed by atoms with Gasteiger partial charge in [0.25, 0.3) is 5.69 Å². The van der Waals surface area contributed by atoms with Crippen molar-refractivity contribution in [3.8, 4) is 23.3 Å². The van der Waals surface area contributed by atoms with Crippen molar-refractivity contribution in [3.05, 3.63) is 63.7 Å². The molecule has 2 aromatic rings. The number of methoxy groups -OCH3 is 2.